The Morgan fingerprint density at radius 2 is 1.88 bits per heavy atom. The SMILES string of the molecule is Cc1c([C@@H](C)Nc2nnc(C)c3sc(C(=O)C4(C)CCN(C)CC4)cc23)cccc1C(F)(F)F. The maximum atomic E-state index is 13.5. The Balaban J connectivity index is 1.67. The van der Waals surface area contributed by atoms with Crippen LogP contribution in [0.5, 0.6) is 0 Å². The molecule has 0 saturated carbocycles. The number of hydrogen-bond donors (Lipinski definition) is 1. The summed E-state index contributed by atoms with van der Waals surface area (Å²) in [5.74, 6) is 0.600. The zero-order chi connectivity index (χ0) is 24.8. The number of thiophene rings is 1. The zero-order valence-corrected chi connectivity index (χ0v) is 20.8. The Hall–Kier alpha value is -2.52. The fourth-order valence-electron chi connectivity index (χ4n) is 4.63. The number of fused-ring (bicyclic) bond motifs is 1. The van der Waals surface area contributed by atoms with Crippen LogP contribution < -0.4 is 5.32 Å². The Kier molecular flexibility index (Phi) is 6.46. The van der Waals surface area contributed by atoms with E-state index < -0.39 is 23.2 Å². The molecule has 1 fully saturated rings. The summed E-state index contributed by atoms with van der Waals surface area (Å²) < 4.78 is 41.0. The molecule has 4 rings (SSSR count). The highest BCUT2D eigenvalue weighted by Crippen LogP contribution is 2.40. The van der Waals surface area contributed by atoms with Crippen LogP contribution in [0.25, 0.3) is 10.1 Å². The van der Waals surface area contributed by atoms with Gasteiger partial charge in [-0.25, -0.2) is 0 Å². The largest absolute Gasteiger partial charge is 0.416 e. The molecule has 2 aromatic heterocycles. The van der Waals surface area contributed by atoms with Gasteiger partial charge < -0.3 is 10.2 Å². The van der Waals surface area contributed by atoms with Gasteiger partial charge in [-0.1, -0.05) is 19.1 Å². The molecule has 3 heterocycles. The Morgan fingerprint density at radius 1 is 1.21 bits per heavy atom. The van der Waals surface area contributed by atoms with E-state index in [1.807, 2.05) is 19.9 Å². The zero-order valence-electron chi connectivity index (χ0n) is 20.0. The summed E-state index contributed by atoms with van der Waals surface area (Å²) in [7, 11) is 2.06. The summed E-state index contributed by atoms with van der Waals surface area (Å²) in [6.45, 7) is 8.94. The molecule has 0 amide bonds. The molecule has 5 nitrogen and oxygen atoms in total. The van der Waals surface area contributed by atoms with Crippen LogP contribution in [0.3, 0.4) is 0 Å². The minimum absolute atomic E-state index is 0.133. The van der Waals surface area contributed by atoms with Crippen molar-refractivity contribution in [2.24, 2.45) is 5.41 Å². The predicted molar refractivity (Wildman–Crippen MR) is 130 cm³/mol. The number of halogens is 3. The van der Waals surface area contributed by atoms with Crippen molar-refractivity contribution in [3.8, 4) is 0 Å². The minimum Gasteiger partial charge on any atom is -0.362 e. The Labute approximate surface area is 201 Å². The number of ketones is 1. The molecule has 0 radical (unpaired) electrons. The summed E-state index contributed by atoms with van der Waals surface area (Å²) in [6.07, 6.45) is -2.80. The standard InChI is InChI=1S/C25H29F3N4OS/c1-14-17(7-6-8-19(14)25(26,27)28)15(2)29-23-18-13-20(34-21(18)16(3)30-31-23)22(33)24(4)9-11-32(5)12-10-24/h6-8,13,15H,9-12H2,1-5H3,(H,29,31)/t15-/m1/s1. The number of alkyl halides is 3. The number of carbonyl (C=O) groups is 1. The number of Topliss-reactive ketones (excluding diaryl/α,β-unsaturated/α-hetero) is 1. The molecule has 1 aliphatic heterocycles. The van der Waals surface area contributed by atoms with Gasteiger partial charge in [-0.05, 0) is 77.0 Å². The Bertz CT molecular complexity index is 1230. The summed E-state index contributed by atoms with van der Waals surface area (Å²) >= 11 is 1.42. The van der Waals surface area contributed by atoms with Crippen LogP contribution in [0.4, 0.5) is 19.0 Å². The van der Waals surface area contributed by atoms with Crippen LogP contribution in [0.15, 0.2) is 24.3 Å². The molecule has 0 spiro atoms. The van der Waals surface area contributed by atoms with Gasteiger partial charge in [-0.15, -0.1) is 16.4 Å². The van der Waals surface area contributed by atoms with Gasteiger partial charge in [0.2, 0.25) is 0 Å². The Morgan fingerprint density at radius 3 is 2.53 bits per heavy atom. The first kappa shape index (κ1) is 24.6. The number of benzene rings is 1. The molecule has 9 heteroatoms. The van der Waals surface area contributed by atoms with Crippen molar-refractivity contribution in [1.29, 1.82) is 0 Å². The number of likely N-dealkylation sites (tertiary alicyclic amines) is 1. The van der Waals surface area contributed by atoms with Crippen LogP contribution in [0, 0.1) is 19.3 Å². The highest BCUT2D eigenvalue weighted by molar-refractivity contribution is 7.21. The number of rotatable bonds is 5. The van der Waals surface area contributed by atoms with Crippen molar-refractivity contribution in [2.45, 2.75) is 52.8 Å². The van der Waals surface area contributed by atoms with Gasteiger partial charge in [0.1, 0.15) is 0 Å². The van der Waals surface area contributed by atoms with E-state index in [4.69, 9.17) is 0 Å². The molecule has 182 valence electrons. The molecule has 1 aromatic carbocycles. The lowest BCUT2D eigenvalue weighted by Gasteiger charge is -2.36. The lowest BCUT2D eigenvalue weighted by atomic mass is 9.76. The smallest absolute Gasteiger partial charge is 0.362 e. The van der Waals surface area contributed by atoms with Gasteiger partial charge in [0.15, 0.2) is 11.6 Å². The maximum Gasteiger partial charge on any atom is 0.416 e. The lowest BCUT2D eigenvalue weighted by molar-refractivity contribution is -0.138. The predicted octanol–water partition coefficient (Wildman–Crippen LogP) is 6.41. The average Bonchev–Trinajstić information content (AvgIpc) is 3.23. The third-order valence-electron chi connectivity index (χ3n) is 6.98. The van der Waals surface area contributed by atoms with Crippen molar-refractivity contribution in [2.75, 3.05) is 25.5 Å². The van der Waals surface area contributed by atoms with Gasteiger partial charge in [0.05, 0.1) is 26.9 Å². The van der Waals surface area contributed by atoms with E-state index in [9.17, 15) is 18.0 Å². The fourth-order valence-corrected chi connectivity index (χ4v) is 5.82. The average molecular weight is 491 g/mol. The van der Waals surface area contributed by atoms with E-state index in [0.29, 0.717) is 16.3 Å². The molecule has 0 unspecified atom stereocenters. The van der Waals surface area contributed by atoms with Crippen LogP contribution in [0.2, 0.25) is 0 Å². The number of aryl methyl sites for hydroxylation is 1. The van der Waals surface area contributed by atoms with E-state index in [1.165, 1.54) is 24.3 Å². The summed E-state index contributed by atoms with van der Waals surface area (Å²) in [4.78, 5) is 16.4. The molecule has 0 bridgehead atoms. The third-order valence-corrected chi connectivity index (χ3v) is 8.22. The number of carbonyl (C=O) groups excluding carboxylic acids is 1. The van der Waals surface area contributed by atoms with Gasteiger partial charge in [-0.2, -0.15) is 18.3 Å². The van der Waals surface area contributed by atoms with Gasteiger partial charge in [-0.3, -0.25) is 4.79 Å². The fraction of sp³-hybridized carbons (Fsp3) is 0.480. The molecular formula is C25H29F3N4OS. The van der Waals surface area contributed by atoms with Crippen molar-refractivity contribution in [3.63, 3.8) is 0 Å². The van der Waals surface area contributed by atoms with E-state index in [-0.39, 0.29) is 11.3 Å². The first-order chi connectivity index (χ1) is 15.9. The van der Waals surface area contributed by atoms with Crippen molar-refractivity contribution < 1.29 is 18.0 Å². The third kappa shape index (κ3) is 4.55. The molecular weight excluding hydrogens is 461 g/mol. The second kappa shape index (κ2) is 8.92. The van der Waals surface area contributed by atoms with Gasteiger partial charge in [0, 0.05) is 10.8 Å². The highest BCUT2D eigenvalue weighted by atomic mass is 32.1. The molecule has 0 aliphatic carbocycles. The first-order valence-electron chi connectivity index (χ1n) is 11.3. The number of hydrogen-bond acceptors (Lipinski definition) is 6. The second-order valence-electron chi connectivity index (χ2n) is 9.56. The van der Waals surface area contributed by atoms with Crippen molar-refractivity contribution in [3.05, 3.63) is 51.5 Å². The highest BCUT2D eigenvalue weighted by Gasteiger charge is 2.38. The first-order valence-corrected chi connectivity index (χ1v) is 12.2. The summed E-state index contributed by atoms with van der Waals surface area (Å²) in [6, 6.07) is 5.62. The number of nitrogens with one attached hydrogen (secondary N) is 1. The molecule has 34 heavy (non-hydrogen) atoms. The molecule has 1 N–H and O–H groups in total. The molecule has 1 saturated heterocycles. The molecule has 1 aliphatic rings. The van der Waals surface area contributed by atoms with Crippen LogP contribution in [-0.4, -0.2) is 41.0 Å². The minimum atomic E-state index is -4.41. The lowest BCUT2D eigenvalue weighted by Crippen LogP contribution is -2.40. The summed E-state index contributed by atoms with van der Waals surface area (Å²) in [5.41, 5.74) is 0.395. The van der Waals surface area contributed by atoms with E-state index in [0.717, 1.165) is 47.8 Å². The van der Waals surface area contributed by atoms with Crippen LogP contribution in [-0.2, 0) is 6.18 Å². The normalized spacial score (nSPS) is 17.6. The molecule has 3 aromatic rings. The van der Waals surface area contributed by atoms with Crippen molar-refractivity contribution >= 4 is 33.0 Å². The van der Waals surface area contributed by atoms with E-state index >= 15 is 0 Å². The van der Waals surface area contributed by atoms with Crippen LogP contribution >= 0.6 is 11.3 Å². The quantitative estimate of drug-likeness (QED) is 0.419. The monoisotopic (exact) mass is 490 g/mol. The number of aromatic nitrogens is 2. The molecule has 1 atom stereocenters. The van der Waals surface area contributed by atoms with Gasteiger partial charge in [0.25, 0.3) is 0 Å². The maximum absolute atomic E-state index is 13.5. The van der Waals surface area contributed by atoms with E-state index in [2.05, 4.69) is 27.5 Å². The number of nitrogens with zero attached hydrogens (tertiary/aromatic N) is 3. The van der Waals surface area contributed by atoms with Gasteiger partial charge >= 0.3 is 6.18 Å². The van der Waals surface area contributed by atoms with Crippen LogP contribution in [0.1, 0.15) is 64.8 Å². The summed E-state index contributed by atoms with van der Waals surface area (Å²) in [5, 5.41) is 12.6. The van der Waals surface area contributed by atoms with E-state index in [1.54, 1.807) is 13.0 Å². The van der Waals surface area contributed by atoms with Crippen molar-refractivity contribution in [1.82, 2.24) is 15.1 Å². The number of piperidine rings is 1. The topological polar surface area (TPSA) is 58.1 Å². The number of anilines is 1. The second-order valence-corrected chi connectivity index (χ2v) is 10.6.